The first-order valence-corrected chi connectivity index (χ1v) is 8.29. The smallest absolute Gasteiger partial charge is 0.238 e. The molecule has 20 heavy (non-hydrogen) atoms. The molecular weight excluding hydrogens is 276 g/mol. The van der Waals surface area contributed by atoms with Crippen molar-refractivity contribution in [3.63, 3.8) is 0 Å². The molecule has 1 aromatic rings. The summed E-state index contributed by atoms with van der Waals surface area (Å²) in [6, 6.07) is 6.46. The molecule has 0 aromatic heterocycles. The molecule has 0 amide bonds. The van der Waals surface area contributed by atoms with Crippen LogP contribution in [0.5, 0.6) is 0 Å². The van der Waals surface area contributed by atoms with Crippen molar-refractivity contribution in [3.05, 3.63) is 29.8 Å². The van der Waals surface area contributed by atoms with Crippen LogP contribution in [0.3, 0.4) is 0 Å². The van der Waals surface area contributed by atoms with Gasteiger partial charge in [0.05, 0.1) is 10.5 Å². The van der Waals surface area contributed by atoms with Gasteiger partial charge in [-0.3, -0.25) is 0 Å². The molecule has 2 unspecified atom stereocenters. The molecule has 4 N–H and O–H groups in total. The third-order valence-corrected chi connectivity index (χ3v) is 4.18. The van der Waals surface area contributed by atoms with Crippen LogP contribution in [0.1, 0.15) is 45.2 Å². The molecule has 1 rings (SSSR count). The van der Waals surface area contributed by atoms with Gasteiger partial charge in [-0.05, 0) is 38.0 Å². The number of primary sulfonamides is 1. The Bertz CT molecular complexity index is 541. The van der Waals surface area contributed by atoms with Crippen LogP contribution in [0, 0.1) is 0 Å². The van der Waals surface area contributed by atoms with Crippen LogP contribution in [0.15, 0.2) is 29.2 Å². The number of nitrogens with two attached hydrogens (primary N) is 1. The van der Waals surface area contributed by atoms with Crippen LogP contribution in [0.4, 0.5) is 0 Å². The van der Waals surface area contributed by atoms with Gasteiger partial charge >= 0.3 is 0 Å². The summed E-state index contributed by atoms with van der Waals surface area (Å²) in [5.74, 6) is 0. The van der Waals surface area contributed by atoms with E-state index in [0.717, 1.165) is 12.0 Å². The lowest BCUT2D eigenvalue weighted by atomic mass is 9.99. The largest absolute Gasteiger partial charge is 0.389 e. The Labute approximate surface area is 121 Å². The first kappa shape index (κ1) is 17.1. The van der Waals surface area contributed by atoms with Crippen molar-refractivity contribution in [1.82, 2.24) is 5.32 Å². The second-order valence-corrected chi connectivity index (χ2v) is 7.03. The lowest BCUT2D eigenvalue weighted by Gasteiger charge is -2.25. The van der Waals surface area contributed by atoms with E-state index >= 15 is 0 Å². The Kier molecular flexibility index (Phi) is 5.70. The lowest BCUT2D eigenvalue weighted by Crippen LogP contribution is -2.38. The van der Waals surface area contributed by atoms with Gasteiger partial charge in [0.15, 0.2) is 0 Å². The summed E-state index contributed by atoms with van der Waals surface area (Å²) in [5.41, 5.74) is 0.0597. The lowest BCUT2D eigenvalue weighted by molar-refractivity contribution is 0.0476. The summed E-state index contributed by atoms with van der Waals surface area (Å²) in [6.07, 6.45) is 1.62. The predicted molar refractivity (Wildman–Crippen MR) is 79.8 cm³/mol. The highest BCUT2D eigenvalue weighted by Gasteiger charge is 2.20. The average molecular weight is 300 g/mol. The minimum Gasteiger partial charge on any atom is -0.389 e. The molecule has 2 atom stereocenters. The Morgan fingerprint density at radius 1 is 1.45 bits per heavy atom. The molecule has 5 nitrogen and oxygen atoms in total. The van der Waals surface area contributed by atoms with Crippen LogP contribution in [0.25, 0.3) is 0 Å². The van der Waals surface area contributed by atoms with Gasteiger partial charge in [0.2, 0.25) is 10.0 Å². The summed E-state index contributed by atoms with van der Waals surface area (Å²) < 4.78 is 22.7. The van der Waals surface area contributed by atoms with Crippen LogP contribution in [-0.4, -0.2) is 25.7 Å². The van der Waals surface area contributed by atoms with Crippen molar-refractivity contribution in [2.24, 2.45) is 5.14 Å². The highest BCUT2D eigenvalue weighted by atomic mass is 32.2. The molecule has 0 aliphatic rings. The maximum atomic E-state index is 11.3. The van der Waals surface area contributed by atoms with Crippen molar-refractivity contribution in [1.29, 1.82) is 0 Å². The van der Waals surface area contributed by atoms with Crippen molar-refractivity contribution in [3.8, 4) is 0 Å². The van der Waals surface area contributed by atoms with E-state index in [0.29, 0.717) is 13.0 Å². The zero-order valence-corrected chi connectivity index (χ0v) is 13.1. The van der Waals surface area contributed by atoms with Crippen LogP contribution < -0.4 is 10.5 Å². The van der Waals surface area contributed by atoms with E-state index < -0.39 is 15.6 Å². The van der Waals surface area contributed by atoms with Gasteiger partial charge in [0.1, 0.15) is 0 Å². The van der Waals surface area contributed by atoms with Gasteiger partial charge in [0, 0.05) is 12.6 Å². The quantitative estimate of drug-likeness (QED) is 0.712. The number of aliphatic hydroxyl groups is 1. The molecule has 0 bridgehead atoms. The monoisotopic (exact) mass is 300 g/mol. The van der Waals surface area contributed by atoms with E-state index in [9.17, 15) is 13.5 Å². The van der Waals surface area contributed by atoms with Gasteiger partial charge in [-0.1, -0.05) is 25.5 Å². The molecule has 0 radical (unpaired) electrons. The molecule has 1 aromatic carbocycles. The SMILES string of the molecule is CCCC(C)(O)CNC(C)c1cccc(S(N)(=O)=O)c1. The van der Waals surface area contributed by atoms with Gasteiger partial charge in [-0.15, -0.1) is 0 Å². The topological polar surface area (TPSA) is 92.4 Å². The number of nitrogens with one attached hydrogen (secondary N) is 1. The fraction of sp³-hybridized carbons (Fsp3) is 0.571. The maximum absolute atomic E-state index is 11.3. The van der Waals surface area contributed by atoms with Crippen LogP contribution >= 0.6 is 0 Å². The van der Waals surface area contributed by atoms with Crippen molar-refractivity contribution >= 4 is 10.0 Å². The Hall–Kier alpha value is -0.950. The summed E-state index contributed by atoms with van der Waals surface area (Å²) in [7, 11) is -3.69. The molecule has 6 heteroatoms. The highest BCUT2D eigenvalue weighted by molar-refractivity contribution is 7.89. The molecular formula is C14H24N2O3S. The second kappa shape index (κ2) is 6.67. The van der Waals surface area contributed by atoms with Crippen LogP contribution in [-0.2, 0) is 10.0 Å². The first-order chi connectivity index (χ1) is 9.15. The first-order valence-electron chi connectivity index (χ1n) is 6.74. The second-order valence-electron chi connectivity index (χ2n) is 5.47. The van der Waals surface area contributed by atoms with E-state index in [1.807, 2.05) is 19.9 Å². The number of hydrogen-bond acceptors (Lipinski definition) is 4. The highest BCUT2D eigenvalue weighted by Crippen LogP contribution is 2.18. The number of benzene rings is 1. The van der Waals surface area contributed by atoms with E-state index in [2.05, 4.69) is 5.32 Å². The Morgan fingerprint density at radius 3 is 2.65 bits per heavy atom. The summed E-state index contributed by atoms with van der Waals surface area (Å²) >= 11 is 0. The summed E-state index contributed by atoms with van der Waals surface area (Å²) in [5, 5.41) is 18.5. The molecule has 0 aliphatic heterocycles. The average Bonchev–Trinajstić information content (AvgIpc) is 2.35. The van der Waals surface area contributed by atoms with E-state index in [-0.39, 0.29) is 10.9 Å². The molecule has 0 fully saturated rings. The number of hydrogen-bond donors (Lipinski definition) is 3. The number of rotatable bonds is 7. The Balaban J connectivity index is 2.76. The summed E-state index contributed by atoms with van der Waals surface area (Å²) in [4.78, 5) is 0.101. The standard InChI is InChI=1S/C14H24N2O3S/c1-4-8-14(3,17)10-16-11(2)12-6-5-7-13(9-12)20(15,18)19/h5-7,9,11,16-17H,4,8,10H2,1-3H3,(H2,15,18,19). The van der Waals surface area contributed by atoms with Gasteiger partial charge in [-0.25, -0.2) is 13.6 Å². The third-order valence-electron chi connectivity index (χ3n) is 3.26. The molecule has 0 saturated carbocycles. The number of sulfonamides is 1. The minimum absolute atomic E-state index is 0.0694. The molecule has 0 saturated heterocycles. The van der Waals surface area contributed by atoms with Gasteiger partial charge in [-0.2, -0.15) is 0 Å². The van der Waals surface area contributed by atoms with Gasteiger partial charge < -0.3 is 10.4 Å². The summed E-state index contributed by atoms with van der Waals surface area (Å²) in [6.45, 7) is 6.18. The molecule has 0 heterocycles. The van der Waals surface area contributed by atoms with Crippen molar-refractivity contribution in [2.75, 3.05) is 6.54 Å². The van der Waals surface area contributed by atoms with E-state index in [4.69, 9.17) is 5.14 Å². The Morgan fingerprint density at radius 2 is 2.10 bits per heavy atom. The van der Waals surface area contributed by atoms with Gasteiger partial charge in [0.25, 0.3) is 0 Å². The van der Waals surface area contributed by atoms with Crippen LogP contribution in [0.2, 0.25) is 0 Å². The zero-order valence-electron chi connectivity index (χ0n) is 12.3. The fourth-order valence-electron chi connectivity index (χ4n) is 2.08. The third kappa shape index (κ3) is 5.20. The van der Waals surface area contributed by atoms with E-state index in [1.165, 1.54) is 6.07 Å². The molecule has 0 aliphatic carbocycles. The maximum Gasteiger partial charge on any atom is 0.238 e. The molecule has 114 valence electrons. The zero-order chi connectivity index (χ0) is 15.4. The van der Waals surface area contributed by atoms with E-state index in [1.54, 1.807) is 19.1 Å². The minimum atomic E-state index is -3.69. The van der Waals surface area contributed by atoms with Crippen molar-refractivity contribution in [2.45, 2.75) is 50.2 Å². The predicted octanol–water partition coefficient (Wildman–Crippen LogP) is 1.54. The molecule has 0 spiro atoms. The normalized spacial score (nSPS) is 16.6. The fourth-order valence-corrected chi connectivity index (χ4v) is 2.65. The van der Waals surface area contributed by atoms with Crippen molar-refractivity contribution < 1.29 is 13.5 Å².